The van der Waals surface area contributed by atoms with Crippen LogP contribution in [0.4, 0.5) is 5.69 Å². The summed E-state index contributed by atoms with van der Waals surface area (Å²) >= 11 is 6.08. The molecular weight excluding hydrogens is 432 g/mol. The van der Waals surface area contributed by atoms with Gasteiger partial charge in [0, 0.05) is 13.1 Å². The Morgan fingerprint density at radius 1 is 1.03 bits per heavy atom. The quantitative estimate of drug-likeness (QED) is 0.618. The molecular formula is C20H21ClN2O6S. The van der Waals surface area contributed by atoms with E-state index in [-0.39, 0.29) is 22.2 Å². The zero-order valence-corrected chi connectivity index (χ0v) is 17.6. The summed E-state index contributed by atoms with van der Waals surface area (Å²) in [5.74, 6) is -0.868. The van der Waals surface area contributed by atoms with E-state index < -0.39 is 28.5 Å². The predicted molar refractivity (Wildman–Crippen MR) is 111 cm³/mol. The van der Waals surface area contributed by atoms with Crippen molar-refractivity contribution in [2.45, 2.75) is 17.7 Å². The van der Waals surface area contributed by atoms with Crippen LogP contribution < -0.4 is 10.1 Å². The molecule has 2 aromatic rings. The summed E-state index contributed by atoms with van der Waals surface area (Å²) in [6.45, 7) is 0.0271. The molecule has 0 unspecified atom stereocenters. The fourth-order valence-corrected chi connectivity index (χ4v) is 4.58. The van der Waals surface area contributed by atoms with Gasteiger partial charge in [-0.1, -0.05) is 29.8 Å². The Balaban J connectivity index is 1.55. The number of carbonyl (C=O) groups is 2. The lowest BCUT2D eigenvalue weighted by atomic mass is 10.3. The predicted octanol–water partition coefficient (Wildman–Crippen LogP) is 2.69. The van der Waals surface area contributed by atoms with Gasteiger partial charge in [-0.2, -0.15) is 4.31 Å². The number of benzene rings is 2. The van der Waals surface area contributed by atoms with Crippen LogP contribution in [0.5, 0.6) is 5.75 Å². The lowest BCUT2D eigenvalue weighted by molar-refractivity contribution is -0.149. The number of amides is 1. The topological polar surface area (TPSA) is 102 Å². The molecule has 0 bridgehead atoms. The Hall–Kier alpha value is -2.62. The van der Waals surface area contributed by atoms with Crippen LogP contribution in [0, 0.1) is 0 Å². The highest BCUT2D eigenvalue weighted by Crippen LogP contribution is 2.28. The van der Waals surface area contributed by atoms with Crippen LogP contribution >= 0.6 is 11.6 Å². The van der Waals surface area contributed by atoms with Crippen molar-refractivity contribution in [2.24, 2.45) is 0 Å². The molecule has 1 N–H and O–H groups in total. The molecule has 30 heavy (non-hydrogen) atoms. The third-order valence-corrected chi connectivity index (χ3v) is 6.60. The number of nitrogens with one attached hydrogen (secondary N) is 1. The van der Waals surface area contributed by atoms with E-state index in [4.69, 9.17) is 21.1 Å². The van der Waals surface area contributed by atoms with Gasteiger partial charge in [0.25, 0.3) is 5.91 Å². The summed E-state index contributed by atoms with van der Waals surface area (Å²) in [7, 11) is -3.65. The second kappa shape index (κ2) is 9.92. The van der Waals surface area contributed by atoms with Crippen molar-refractivity contribution in [3.05, 3.63) is 53.6 Å². The first-order valence-corrected chi connectivity index (χ1v) is 11.1. The van der Waals surface area contributed by atoms with Crippen LogP contribution in [-0.4, -0.2) is 50.9 Å². The Morgan fingerprint density at radius 3 is 2.43 bits per heavy atom. The molecule has 1 aliphatic heterocycles. The van der Waals surface area contributed by atoms with E-state index in [0.717, 1.165) is 12.8 Å². The Bertz CT molecular complexity index is 1010. The Morgan fingerprint density at radius 2 is 1.73 bits per heavy atom. The standard InChI is InChI=1S/C20H21ClN2O6S/c21-17-9-8-16(30(26,27)23-10-4-5-11-23)12-18(17)22-19(24)13-29-20(25)14-28-15-6-2-1-3-7-15/h1-3,6-9,12H,4-5,10-11,13-14H2,(H,22,24). The molecule has 2 aromatic carbocycles. The smallest absolute Gasteiger partial charge is 0.344 e. The maximum Gasteiger partial charge on any atom is 0.344 e. The maximum atomic E-state index is 12.7. The minimum Gasteiger partial charge on any atom is -0.482 e. The highest BCUT2D eigenvalue weighted by Gasteiger charge is 2.27. The zero-order valence-electron chi connectivity index (χ0n) is 16.0. The number of halogens is 1. The van der Waals surface area contributed by atoms with Gasteiger partial charge in [-0.15, -0.1) is 0 Å². The molecule has 8 nitrogen and oxygen atoms in total. The Labute approximate surface area is 179 Å². The van der Waals surface area contributed by atoms with Crippen LogP contribution in [0.1, 0.15) is 12.8 Å². The minimum atomic E-state index is -3.65. The molecule has 1 saturated heterocycles. The van der Waals surface area contributed by atoms with Gasteiger partial charge >= 0.3 is 5.97 Å². The summed E-state index contributed by atoms with van der Waals surface area (Å²) in [5.41, 5.74) is 0.124. The largest absolute Gasteiger partial charge is 0.482 e. The maximum absolute atomic E-state index is 12.7. The van der Waals surface area contributed by atoms with Gasteiger partial charge < -0.3 is 14.8 Å². The van der Waals surface area contributed by atoms with Crippen molar-refractivity contribution >= 4 is 39.2 Å². The first-order chi connectivity index (χ1) is 14.4. The number of carbonyl (C=O) groups excluding carboxylic acids is 2. The van der Waals surface area contributed by atoms with Gasteiger partial charge in [0.15, 0.2) is 13.2 Å². The molecule has 1 fully saturated rings. The number of anilines is 1. The highest BCUT2D eigenvalue weighted by atomic mass is 35.5. The minimum absolute atomic E-state index is 0.0392. The Kier molecular flexibility index (Phi) is 7.30. The molecule has 0 radical (unpaired) electrons. The SMILES string of the molecule is O=C(COC(=O)COc1ccccc1)Nc1cc(S(=O)(=O)N2CCCC2)ccc1Cl. The second-order valence-electron chi connectivity index (χ2n) is 6.56. The molecule has 0 aromatic heterocycles. The summed E-state index contributed by atoms with van der Waals surface area (Å²) in [6, 6.07) is 12.8. The van der Waals surface area contributed by atoms with E-state index in [1.54, 1.807) is 24.3 Å². The van der Waals surface area contributed by atoms with Gasteiger partial charge in [0.05, 0.1) is 15.6 Å². The van der Waals surface area contributed by atoms with Gasteiger partial charge in [-0.3, -0.25) is 4.79 Å². The van der Waals surface area contributed by atoms with Crippen LogP contribution in [0.25, 0.3) is 0 Å². The number of para-hydroxylation sites is 1. The molecule has 1 heterocycles. The lowest BCUT2D eigenvalue weighted by Crippen LogP contribution is -2.28. The molecule has 0 saturated carbocycles. The monoisotopic (exact) mass is 452 g/mol. The number of esters is 1. The van der Waals surface area contributed by atoms with E-state index in [9.17, 15) is 18.0 Å². The summed E-state index contributed by atoms with van der Waals surface area (Å²) in [5, 5.41) is 2.64. The summed E-state index contributed by atoms with van der Waals surface area (Å²) in [6.07, 6.45) is 1.63. The lowest BCUT2D eigenvalue weighted by Gasteiger charge is -2.16. The van der Waals surface area contributed by atoms with Gasteiger partial charge in [-0.25, -0.2) is 13.2 Å². The number of ether oxygens (including phenoxy) is 2. The third kappa shape index (κ3) is 5.71. The number of hydrogen-bond acceptors (Lipinski definition) is 6. The van der Waals surface area contributed by atoms with Crippen molar-refractivity contribution in [3.8, 4) is 5.75 Å². The van der Waals surface area contributed by atoms with Gasteiger partial charge in [-0.05, 0) is 43.2 Å². The number of sulfonamides is 1. The summed E-state index contributed by atoms with van der Waals surface area (Å²) < 4.78 is 36.9. The average molecular weight is 453 g/mol. The molecule has 0 aliphatic carbocycles. The highest BCUT2D eigenvalue weighted by molar-refractivity contribution is 7.89. The van der Waals surface area contributed by atoms with Crippen LogP contribution in [0.15, 0.2) is 53.4 Å². The van der Waals surface area contributed by atoms with Crippen molar-refractivity contribution in [1.29, 1.82) is 0 Å². The van der Waals surface area contributed by atoms with E-state index in [1.165, 1.54) is 22.5 Å². The fourth-order valence-electron chi connectivity index (χ4n) is 2.87. The number of rotatable bonds is 8. The van der Waals surface area contributed by atoms with Crippen LogP contribution in [-0.2, 0) is 24.3 Å². The molecule has 0 atom stereocenters. The average Bonchev–Trinajstić information content (AvgIpc) is 3.29. The normalized spacial score (nSPS) is 14.3. The fraction of sp³-hybridized carbons (Fsp3) is 0.300. The van der Waals surface area contributed by atoms with Gasteiger partial charge in [0.2, 0.25) is 10.0 Å². The molecule has 10 heteroatoms. The van der Waals surface area contributed by atoms with Crippen molar-refractivity contribution in [2.75, 3.05) is 31.6 Å². The van der Waals surface area contributed by atoms with E-state index >= 15 is 0 Å². The third-order valence-electron chi connectivity index (χ3n) is 4.38. The van der Waals surface area contributed by atoms with E-state index in [2.05, 4.69) is 5.32 Å². The van der Waals surface area contributed by atoms with Crippen molar-refractivity contribution in [3.63, 3.8) is 0 Å². The molecule has 0 spiro atoms. The zero-order chi connectivity index (χ0) is 21.6. The van der Waals surface area contributed by atoms with Gasteiger partial charge in [0.1, 0.15) is 5.75 Å². The molecule has 1 aliphatic rings. The molecule has 160 valence electrons. The van der Waals surface area contributed by atoms with E-state index in [0.29, 0.717) is 18.8 Å². The first-order valence-electron chi connectivity index (χ1n) is 9.29. The van der Waals surface area contributed by atoms with Crippen molar-refractivity contribution < 1.29 is 27.5 Å². The molecule has 1 amide bonds. The molecule has 3 rings (SSSR count). The van der Waals surface area contributed by atoms with E-state index in [1.807, 2.05) is 6.07 Å². The second-order valence-corrected chi connectivity index (χ2v) is 8.91. The van der Waals surface area contributed by atoms with Crippen molar-refractivity contribution in [1.82, 2.24) is 4.31 Å². The number of nitrogens with zero attached hydrogens (tertiary/aromatic N) is 1. The summed E-state index contributed by atoms with van der Waals surface area (Å²) in [4.78, 5) is 23.9. The van der Waals surface area contributed by atoms with Crippen LogP contribution in [0.3, 0.4) is 0 Å². The first kappa shape index (κ1) is 22.1. The number of hydrogen-bond donors (Lipinski definition) is 1. The van der Waals surface area contributed by atoms with Crippen LogP contribution in [0.2, 0.25) is 5.02 Å².